The number of rotatable bonds is 3. The predicted octanol–water partition coefficient (Wildman–Crippen LogP) is 12.9. The van der Waals surface area contributed by atoms with Gasteiger partial charge in [-0.3, -0.25) is 0 Å². The maximum Gasteiger partial charge on any atom is 0.0620 e. The summed E-state index contributed by atoms with van der Waals surface area (Å²) in [7, 11) is 0. The predicted molar refractivity (Wildman–Crippen MR) is 210 cm³/mol. The van der Waals surface area contributed by atoms with Crippen LogP contribution in [-0.4, -0.2) is 9.13 Å². The van der Waals surface area contributed by atoms with E-state index in [2.05, 4.69) is 191 Å². The fourth-order valence-corrected chi connectivity index (χ4v) is 8.51. The van der Waals surface area contributed by atoms with E-state index in [1.54, 1.807) is 0 Å². The Morgan fingerprint density at radius 2 is 0.840 bits per heavy atom. The largest absolute Gasteiger partial charge is 0.309 e. The molecular formula is C48H30N2. The number of aromatic nitrogens is 2. The summed E-state index contributed by atoms with van der Waals surface area (Å²) < 4.78 is 4.93. The summed E-state index contributed by atoms with van der Waals surface area (Å²) in [5.74, 6) is 0. The van der Waals surface area contributed by atoms with Gasteiger partial charge in [0.2, 0.25) is 0 Å². The van der Waals surface area contributed by atoms with Gasteiger partial charge in [0.1, 0.15) is 0 Å². The average Bonchev–Trinajstić information content (AvgIpc) is 3.66. The summed E-state index contributed by atoms with van der Waals surface area (Å²) in [5.41, 5.74) is 17.2. The van der Waals surface area contributed by atoms with Crippen LogP contribution in [0.2, 0.25) is 0 Å². The minimum absolute atomic E-state index is 1.17. The Hall–Kier alpha value is -6.64. The quantitative estimate of drug-likeness (QED) is 0.183. The van der Waals surface area contributed by atoms with E-state index >= 15 is 0 Å². The molecule has 0 unspecified atom stereocenters. The minimum Gasteiger partial charge on any atom is -0.309 e. The molecule has 0 N–H and O–H groups in total. The van der Waals surface area contributed by atoms with E-state index in [1.165, 1.54) is 99.5 Å². The number of hydrogen-bond donors (Lipinski definition) is 0. The first-order valence-corrected chi connectivity index (χ1v) is 17.3. The van der Waals surface area contributed by atoms with Gasteiger partial charge in [-0.2, -0.15) is 0 Å². The second-order valence-corrected chi connectivity index (χ2v) is 13.3. The minimum atomic E-state index is 1.17. The Kier molecular flexibility index (Phi) is 5.70. The van der Waals surface area contributed by atoms with Gasteiger partial charge < -0.3 is 9.13 Å². The molecule has 0 fully saturated rings. The topological polar surface area (TPSA) is 9.86 Å². The zero-order chi connectivity index (χ0) is 32.8. The monoisotopic (exact) mass is 634 g/mol. The number of fused-ring (bicyclic) bond motifs is 11. The SMILES string of the molecule is c1ccc(-c2cccc3c2-n2c4ccccc4c4cc(-c5ccc6c(c5)c5ccccc5n6-c5ccccc5)cc(c42)-c2ccccc2-3)cc1. The molecule has 0 radical (unpaired) electrons. The van der Waals surface area contributed by atoms with Crippen LogP contribution in [-0.2, 0) is 0 Å². The van der Waals surface area contributed by atoms with Crippen molar-refractivity contribution in [2.45, 2.75) is 0 Å². The lowest BCUT2D eigenvalue weighted by Gasteiger charge is -2.17. The first-order valence-electron chi connectivity index (χ1n) is 17.3. The fraction of sp³-hybridized carbons (Fsp3) is 0. The highest BCUT2D eigenvalue weighted by Gasteiger charge is 2.27. The van der Waals surface area contributed by atoms with Gasteiger partial charge in [0.25, 0.3) is 0 Å². The van der Waals surface area contributed by atoms with Crippen molar-refractivity contribution in [3.63, 3.8) is 0 Å². The third-order valence-corrected chi connectivity index (χ3v) is 10.6. The third-order valence-electron chi connectivity index (χ3n) is 10.6. The third kappa shape index (κ3) is 3.79. The highest BCUT2D eigenvalue weighted by Crippen LogP contribution is 2.50. The number of para-hydroxylation sites is 4. The van der Waals surface area contributed by atoms with Crippen molar-refractivity contribution in [1.82, 2.24) is 9.13 Å². The van der Waals surface area contributed by atoms with Gasteiger partial charge in [0.05, 0.1) is 27.8 Å². The van der Waals surface area contributed by atoms with Gasteiger partial charge in [0.15, 0.2) is 0 Å². The summed E-state index contributed by atoms with van der Waals surface area (Å²) in [6, 6.07) is 66.8. The zero-order valence-electron chi connectivity index (χ0n) is 27.2. The summed E-state index contributed by atoms with van der Waals surface area (Å²) in [4.78, 5) is 0. The van der Waals surface area contributed by atoms with Crippen molar-refractivity contribution in [2.24, 2.45) is 0 Å². The first-order chi connectivity index (χ1) is 24.8. The van der Waals surface area contributed by atoms with E-state index in [0.29, 0.717) is 0 Å². The molecule has 1 aliphatic heterocycles. The molecule has 50 heavy (non-hydrogen) atoms. The molecule has 3 heterocycles. The van der Waals surface area contributed by atoms with Crippen LogP contribution in [0.4, 0.5) is 0 Å². The maximum atomic E-state index is 2.54. The molecule has 2 nitrogen and oxygen atoms in total. The van der Waals surface area contributed by atoms with Crippen LogP contribution in [0.15, 0.2) is 182 Å². The van der Waals surface area contributed by atoms with Gasteiger partial charge in [0, 0.05) is 43.9 Å². The molecule has 0 bridgehead atoms. The van der Waals surface area contributed by atoms with Gasteiger partial charge in [-0.1, -0.05) is 133 Å². The molecule has 0 amide bonds. The molecule has 2 heteroatoms. The molecule has 8 aromatic carbocycles. The number of benzene rings is 8. The normalized spacial score (nSPS) is 12.0. The van der Waals surface area contributed by atoms with Gasteiger partial charge in [-0.25, -0.2) is 0 Å². The van der Waals surface area contributed by atoms with Crippen LogP contribution in [0.5, 0.6) is 0 Å². The van der Waals surface area contributed by atoms with Crippen molar-refractivity contribution < 1.29 is 0 Å². The van der Waals surface area contributed by atoms with Gasteiger partial charge >= 0.3 is 0 Å². The van der Waals surface area contributed by atoms with Crippen molar-refractivity contribution in [3.8, 4) is 55.9 Å². The van der Waals surface area contributed by atoms with Crippen LogP contribution >= 0.6 is 0 Å². The summed E-state index contributed by atoms with van der Waals surface area (Å²) in [5, 5.41) is 5.06. The van der Waals surface area contributed by atoms with Gasteiger partial charge in [-0.15, -0.1) is 0 Å². The van der Waals surface area contributed by atoms with E-state index in [4.69, 9.17) is 0 Å². The Labute approximate surface area is 289 Å². The van der Waals surface area contributed by atoms with Crippen molar-refractivity contribution in [1.29, 1.82) is 0 Å². The molecule has 1 aliphatic rings. The average molecular weight is 635 g/mol. The lowest BCUT2D eigenvalue weighted by Crippen LogP contribution is -1.99. The molecule has 2 aromatic heterocycles. The fourth-order valence-electron chi connectivity index (χ4n) is 8.51. The standard InChI is InChI=1S/C48H30N2/c1-3-14-31(15-4-1)35-22-13-23-40-36-18-7-8-19-37(36)42-29-33(30-43-39-21-10-12-25-45(39)50(47(35)40)48(42)43)32-26-27-46-41(28-32)38-20-9-11-24-44(38)49(46)34-16-5-2-6-17-34/h1-30H. The molecule has 11 rings (SSSR count). The number of hydrogen-bond acceptors (Lipinski definition) is 0. The lowest BCUT2D eigenvalue weighted by atomic mass is 9.90. The molecular weight excluding hydrogens is 605 g/mol. The second-order valence-electron chi connectivity index (χ2n) is 13.3. The molecule has 0 spiro atoms. The van der Waals surface area contributed by atoms with E-state index in [0.717, 1.165) is 0 Å². The van der Waals surface area contributed by atoms with Crippen molar-refractivity contribution in [2.75, 3.05) is 0 Å². The summed E-state index contributed by atoms with van der Waals surface area (Å²) in [6.45, 7) is 0. The maximum absolute atomic E-state index is 2.54. The van der Waals surface area contributed by atoms with Crippen molar-refractivity contribution >= 4 is 43.6 Å². The number of nitrogens with zero attached hydrogens (tertiary/aromatic N) is 2. The highest BCUT2D eigenvalue weighted by molar-refractivity contribution is 6.19. The van der Waals surface area contributed by atoms with E-state index in [1.807, 2.05) is 0 Å². The Bertz CT molecular complexity index is 2960. The van der Waals surface area contributed by atoms with E-state index in [-0.39, 0.29) is 0 Å². The lowest BCUT2D eigenvalue weighted by molar-refractivity contribution is 1.18. The van der Waals surface area contributed by atoms with Gasteiger partial charge in [-0.05, 0) is 76.3 Å². The highest BCUT2D eigenvalue weighted by atomic mass is 15.0. The molecule has 232 valence electrons. The van der Waals surface area contributed by atoms with Crippen LogP contribution in [0, 0.1) is 0 Å². The van der Waals surface area contributed by atoms with Crippen molar-refractivity contribution in [3.05, 3.63) is 182 Å². The Morgan fingerprint density at radius 3 is 1.62 bits per heavy atom. The molecule has 0 saturated carbocycles. The summed E-state index contributed by atoms with van der Waals surface area (Å²) >= 11 is 0. The first kappa shape index (κ1) is 27.3. The zero-order valence-corrected chi connectivity index (χ0v) is 27.2. The smallest absolute Gasteiger partial charge is 0.0620 e. The molecule has 0 saturated heterocycles. The summed E-state index contributed by atoms with van der Waals surface area (Å²) in [6.07, 6.45) is 0. The van der Waals surface area contributed by atoms with E-state index in [9.17, 15) is 0 Å². The molecule has 10 aromatic rings. The second kappa shape index (κ2) is 10.4. The van der Waals surface area contributed by atoms with Crippen LogP contribution in [0.25, 0.3) is 99.5 Å². The Morgan fingerprint density at radius 1 is 0.280 bits per heavy atom. The van der Waals surface area contributed by atoms with Crippen LogP contribution in [0.1, 0.15) is 0 Å². The molecule has 0 aliphatic carbocycles. The van der Waals surface area contributed by atoms with Crippen LogP contribution < -0.4 is 0 Å². The Balaban J connectivity index is 1.24. The molecule has 0 atom stereocenters. The van der Waals surface area contributed by atoms with E-state index < -0.39 is 0 Å². The van der Waals surface area contributed by atoms with Crippen LogP contribution in [0.3, 0.4) is 0 Å².